The van der Waals surface area contributed by atoms with Crippen LogP contribution in [0.2, 0.25) is 0 Å². The van der Waals surface area contributed by atoms with E-state index in [0.717, 1.165) is 6.42 Å². The van der Waals surface area contributed by atoms with Crippen LogP contribution in [0, 0.1) is 0 Å². The van der Waals surface area contributed by atoms with Gasteiger partial charge in [0.2, 0.25) is 0 Å². The van der Waals surface area contributed by atoms with E-state index in [2.05, 4.69) is 0 Å². The third-order valence-electron chi connectivity index (χ3n) is 2.46. The monoisotopic (exact) mass is 238 g/mol. The Hall–Kier alpha value is -1.75. The number of aliphatic hydroxyl groups excluding tert-OH is 1. The molecule has 4 N–H and O–H groups in total. The molecule has 0 saturated heterocycles. The molecule has 0 radical (unpaired) electrons. The summed E-state index contributed by atoms with van der Waals surface area (Å²) in [7, 11) is 0. The number of anilines is 2. The summed E-state index contributed by atoms with van der Waals surface area (Å²) in [5, 5.41) is 18.1. The summed E-state index contributed by atoms with van der Waals surface area (Å²) in [4.78, 5) is 13.0. The van der Waals surface area contributed by atoms with Crippen LogP contribution in [-0.4, -0.2) is 35.9 Å². The van der Waals surface area contributed by atoms with E-state index in [1.807, 2.05) is 11.8 Å². The third-order valence-corrected chi connectivity index (χ3v) is 2.46. The Kier molecular flexibility index (Phi) is 4.78. The zero-order chi connectivity index (χ0) is 12.8. The molecular formula is C12H18N2O3. The first-order valence-corrected chi connectivity index (χ1v) is 5.58. The summed E-state index contributed by atoms with van der Waals surface area (Å²) in [5.41, 5.74) is 6.78. The molecule has 5 heteroatoms. The minimum absolute atomic E-state index is 0.0105. The van der Waals surface area contributed by atoms with E-state index in [1.54, 1.807) is 12.1 Å². The average Bonchev–Trinajstić information content (AvgIpc) is 2.28. The van der Waals surface area contributed by atoms with Crippen molar-refractivity contribution in [3.8, 4) is 0 Å². The Morgan fingerprint density at radius 2 is 2.12 bits per heavy atom. The standard InChI is InChI=1S/C12H18N2O3/c1-2-5-14(6-7-15)11-4-3-9(13)8-10(11)12(16)17/h3-4,8,15H,2,5-7,13H2,1H3,(H,16,17). The number of carbonyl (C=O) groups is 1. The quantitative estimate of drug-likeness (QED) is 0.648. The predicted octanol–water partition coefficient (Wildman–Crippen LogP) is 1.18. The van der Waals surface area contributed by atoms with E-state index in [1.165, 1.54) is 6.07 Å². The predicted molar refractivity (Wildman–Crippen MR) is 67.4 cm³/mol. The fraction of sp³-hybridized carbons (Fsp3) is 0.417. The first-order valence-electron chi connectivity index (χ1n) is 5.58. The lowest BCUT2D eigenvalue weighted by Gasteiger charge is -2.25. The van der Waals surface area contributed by atoms with Gasteiger partial charge in [0.25, 0.3) is 0 Å². The minimum Gasteiger partial charge on any atom is -0.478 e. The van der Waals surface area contributed by atoms with Crippen LogP contribution in [0.15, 0.2) is 18.2 Å². The van der Waals surface area contributed by atoms with Crippen molar-refractivity contribution in [1.82, 2.24) is 0 Å². The Balaban J connectivity index is 3.12. The topological polar surface area (TPSA) is 86.8 Å². The lowest BCUT2D eigenvalue weighted by Crippen LogP contribution is -2.29. The van der Waals surface area contributed by atoms with Crippen LogP contribution < -0.4 is 10.6 Å². The molecule has 1 rings (SSSR count). The van der Waals surface area contributed by atoms with Crippen LogP contribution >= 0.6 is 0 Å². The maximum Gasteiger partial charge on any atom is 0.337 e. The van der Waals surface area contributed by atoms with Gasteiger partial charge in [-0.05, 0) is 24.6 Å². The summed E-state index contributed by atoms with van der Waals surface area (Å²) >= 11 is 0. The summed E-state index contributed by atoms with van der Waals surface area (Å²) in [6.07, 6.45) is 0.878. The van der Waals surface area contributed by atoms with Gasteiger partial charge in [-0.2, -0.15) is 0 Å². The number of nitrogens with two attached hydrogens (primary N) is 1. The van der Waals surface area contributed by atoms with Gasteiger partial charge in [-0.25, -0.2) is 4.79 Å². The van der Waals surface area contributed by atoms with Crippen LogP contribution in [0.4, 0.5) is 11.4 Å². The van der Waals surface area contributed by atoms with Crippen molar-refractivity contribution in [3.63, 3.8) is 0 Å². The number of nitrogen functional groups attached to an aromatic ring is 1. The number of hydrogen-bond donors (Lipinski definition) is 3. The molecule has 0 aliphatic carbocycles. The van der Waals surface area contributed by atoms with Gasteiger partial charge < -0.3 is 20.8 Å². The molecule has 5 nitrogen and oxygen atoms in total. The molecule has 0 heterocycles. The molecule has 0 spiro atoms. The van der Waals surface area contributed by atoms with Gasteiger partial charge in [0, 0.05) is 18.8 Å². The second kappa shape index (κ2) is 6.10. The second-order valence-corrected chi connectivity index (χ2v) is 3.79. The molecule has 0 aromatic heterocycles. The van der Waals surface area contributed by atoms with Crippen LogP contribution in [0.25, 0.3) is 0 Å². The number of carboxylic acid groups (broad SMARTS) is 1. The van der Waals surface area contributed by atoms with Gasteiger partial charge in [0.05, 0.1) is 17.9 Å². The highest BCUT2D eigenvalue weighted by atomic mass is 16.4. The van der Waals surface area contributed by atoms with Crippen molar-refractivity contribution >= 4 is 17.3 Å². The molecule has 0 amide bonds. The van der Waals surface area contributed by atoms with E-state index in [0.29, 0.717) is 24.5 Å². The molecule has 0 aliphatic heterocycles. The lowest BCUT2D eigenvalue weighted by atomic mass is 10.1. The van der Waals surface area contributed by atoms with Crippen LogP contribution in [0.5, 0.6) is 0 Å². The van der Waals surface area contributed by atoms with Crippen LogP contribution in [0.3, 0.4) is 0 Å². The Morgan fingerprint density at radius 1 is 1.41 bits per heavy atom. The highest BCUT2D eigenvalue weighted by Crippen LogP contribution is 2.23. The van der Waals surface area contributed by atoms with Gasteiger partial charge in [-0.15, -0.1) is 0 Å². The second-order valence-electron chi connectivity index (χ2n) is 3.79. The lowest BCUT2D eigenvalue weighted by molar-refractivity contribution is 0.0697. The van der Waals surface area contributed by atoms with Gasteiger partial charge in [-0.1, -0.05) is 6.92 Å². The van der Waals surface area contributed by atoms with Gasteiger partial charge in [0.1, 0.15) is 0 Å². The zero-order valence-electron chi connectivity index (χ0n) is 9.89. The summed E-state index contributed by atoms with van der Waals surface area (Å²) in [6, 6.07) is 4.80. The molecule has 17 heavy (non-hydrogen) atoms. The largest absolute Gasteiger partial charge is 0.478 e. The number of carboxylic acids is 1. The van der Waals surface area contributed by atoms with Crippen molar-refractivity contribution in [2.75, 3.05) is 30.3 Å². The van der Waals surface area contributed by atoms with E-state index in [-0.39, 0.29) is 12.2 Å². The molecule has 1 aromatic carbocycles. The van der Waals surface area contributed by atoms with Gasteiger partial charge >= 0.3 is 5.97 Å². The van der Waals surface area contributed by atoms with E-state index in [4.69, 9.17) is 15.9 Å². The van der Waals surface area contributed by atoms with Crippen molar-refractivity contribution in [2.45, 2.75) is 13.3 Å². The molecule has 0 unspecified atom stereocenters. The van der Waals surface area contributed by atoms with E-state index in [9.17, 15) is 4.79 Å². The molecule has 1 aromatic rings. The molecule has 0 bridgehead atoms. The molecule has 0 atom stereocenters. The third kappa shape index (κ3) is 3.35. The molecular weight excluding hydrogens is 220 g/mol. The molecule has 0 aliphatic rings. The summed E-state index contributed by atoms with van der Waals surface area (Å²) in [6.45, 7) is 3.11. The number of aliphatic hydroxyl groups is 1. The molecule has 0 saturated carbocycles. The smallest absolute Gasteiger partial charge is 0.337 e. The number of rotatable bonds is 6. The maximum atomic E-state index is 11.1. The highest BCUT2D eigenvalue weighted by molar-refractivity contribution is 5.95. The van der Waals surface area contributed by atoms with Crippen molar-refractivity contribution in [2.24, 2.45) is 0 Å². The minimum atomic E-state index is -1.01. The first-order chi connectivity index (χ1) is 8.10. The molecule has 94 valence electrons. The number of hydrogen-bond acceptors (Lipinski definition) is 4. The van der Waals surface area contributed by atoms with E-state index < -0.39 is 5.97 Å². The normalized spacial score (nSPS) is 10.2. The number of aromatic carboxylic acids is 1. The van der Waals surface area contributed by atoms with Crippen molar-refractivity contribution < 1.29 is 15.0 Å². The van der Waals surface area contributed by atoms with Crippen LogP contribution in [0.1, 0.15) is 23.7 Å². The van der Waals surface area contributed by atoms with E-state index >= 15 is 0 Å². The SMILES string of the molecule is CCCN(CCO)c1ccc(N)cc1C(=O)O. The number of nitrogens with zero attached hydrogens (tertiary/aromatic N) is 1. The molecule has 0 fully saturated rings. The Labute approximate surface area is 100 Å². The maximum absolute atomic E-state index is 11.1. The fourth-order valence-electron chi connectivity index (χ4n) is 1.74. The van der Waals surface area contributed by atoms with Crippen LogP contribution in [-0.2, 0) is 0 Å². The fourth-order valence-corrected chi connectivity index (χ4v) is 1.74. The average molecular weight is 238 g/mol. The highest BCUT2D eigenvalue weighted by Gasteiger charge is 2.15. The Bertz CT molecular complexity index is 387. The summed E-state index contributed by atoms with van der Waals surface area (Å²) < 4.78 is 0. The van der Waals surface area contributed by atoms with Gasteiger partial charge in [-0.3, -0.25) is 0 Å². The first kappa shape index (κ1) is 13.3. The van der Waals surface area contributed by atoms with Crippen molar-refractivity contribution in [3.05, 3.63) is 23.8 Å². The zero-order valence-corrected chi connectivity index (χ0v) is 9.89. The number of benzene rings is 1. The van der Waals surface area contributed by atoms with Gasteiger partial charge in [0.15, 0.2) is 0 Å². The summed E-state index contributed by atoms with van der Waals surface area (Å²) in [5.74, 6) is -1.01. The Morgan fingerprint density at radius 3 is 2.65 bits per heavy atom. The van der Waals surface area contributed by atoms with Crippen molar-refractivity contribution in [1.29, 1.82) is 0 Å².